The highest BCUT2D eigenvalue weighted by atomic mass is 79.9. The van der Waals surface area contributed by atoms with E-state index in [4.69, 9.17) is 4.99 Å². The maximum atomic E-state index is 5.14. The van der Waals surface area contributed by atoms with E-state index in [2.05, 4.69) is 60.0 Å². The summed E-state index contributed by atoms with van der Waals surface area (Å²) in [7, 11) is 0. The predicted octanol–water partition coefficient (Wildman–Crippen LogP) is 2.43. The molecule has 1 aliphatic carbocycles. The topological polar surface area (TPSA) is 30.9 Å². The van der Waals surface area contributed by atoms with Crippen LogP contribution in [0.3, 0.4) is 0 Å². The highest BCUT2D eigenvalue weighted by Gasteiger charge is 2.47. The number of hydrogen-bond donors (Lipinski definition) is 1. The Morgan fingerprint density at radius 1 is 1.33 bits per heavy atom. The Labute approximate surface area is 142 Å². The third-order valence-electron chi connectivity index (χ3n) is 4.86. The quantitative estimate of drug-likeness (QED) is 0.667. The molecule has 2 unspecified atom stereocenters. The third kappa shape index (κ3) is 2.18. The van der Waals surface area contributed by atoms with Gasteiger partial charge in [-0.05, 0) is 31.4 Å². The lowest BCUT2D eigenvalue weighted by atomic mass is 9.88. The van der Waals surface area contributed by atoms with Crippen molar-refractivity contribution < 1.29 is 0 Å². The summed E-state index contributed by atoms with van der Waals surface area (Å²) >= 11 is 7.63. The van der Waals surface area contributed by atoms with Gasteiger partial charge in [-0.2, -0.15) is 0 Å². The number of allylic oxidation sites excluding steroid dienone is 4. The number of nitrogens with one attached hydrogen (secondary N) is 1. The molecule has 21 heavy (non-hydrogen) atoms. The normalized spacial score (nSPS) is 36.5. The van der Waals surface area contributed by atoms with Gasteiger partial charge in [0.2, 0.25) is 0 Å². The molecule has 2 atom stereocenters. The minimum Gasteiger partial charge on any atom is -0.336 e. The summed E-state index contributed by atoms with van der Waals surface area (Å²) < 4.78 is 1.000. The molecule has 4 nitrogen and oxygen atoms in total. The lowest BCUT2D eigenvalue weighted by Crippen LogP contribution is -2.53. The third-order valence-corrected chi connectivity index (χ3v) is 7.21. The van der Waals surface area contributed by atoms with Crippen molar-refractivity contribution in [2.45, 2.75) is 30.4 Å². The van der Waals surface area contributed by atoms with Crippen LogP contribution in [-0.4, -0.2) is 58.8 Å². The van der Waals surface area contributed by atoms with Crippen molar-refractivity contribution in [3.8, 4) is 0 Å². The maximum absolute atomic E-state index is 5.14. The van der Waals surface area contributed by atoms with Gasteiger partial charge in [0.1, 0.15) is 0 Å². The minimum atomic E-state index is -0.190. The largest absolute Gasteiger partial charge is 0.336 e. The first kappa shape index (κ1) is 14.4. The van der Waals surface area contributed by atoms with Gasteiger partial charge in [-0.1, -0.05) is 31.9 Å². The fourth-order valence-corrected chi connectivity index (χ4v) is 4.57. The van der Waals surface area contributed by atoms with Gasteiger partial charge in [0, 0.05) is 37.2 Å². The van der Waals surface area contributed by atoms with Gasteiger partial charge < -0.3 is 10.2 Å². The predicted molar refractivity (Wildman–Crippen MR) is 93.0 cm³/mol. The molecule has 1 fully saturated rings. The lowest BCUT2D eigenvalue weighted by Gasteiger charge is -2.40. The zero-order chi connectivity index (χ0) is 14.6. The Morgan fingerprint density at radius 2 is 2.10 bits per heavy atom. The fraction of sp³-hybridized carbons (Fsp3) is 0.667. The van der Waals surface area contributed by atoms with Crippen LogP contribution >= 0.6 is 31.9 Å². The number of alkyl halides is 1. The van der Waals surface area contributed by atoms with Gasteiger partial charge in [-0.3, -0.25) is 4.90 Å². The molecule has 0 aromatic carbocycles. The first-order valence-corrected chi connectivity index (χ1v) is 9.27. The standard InChI is InChI=1S/C15H20Br2N4/c1-15(17)11(16)9-10-3-2-6-21-12(10)13(15)19-14(21)20-7-4-18-5-8-20/h9,14,18H,2-8H2,1H3. The van der Waals surface area contributed by atoms with Crippen molar-refractivity contribution in [3.63, 3.8) is 0 Å². The Hall–Kier alpha value is -0.170. The van der Waals surface area contributed by atoms with Gasteiger partial charge in [-0.25, -0.2) is 4.99 Å². The van der Waals surface area contributed by atoms with Crippen LogP contribution < -0.4 is 5.32 Å². The highest BCUT2D eigenvalue weighted by molar-refractivity contribution is 9.14. The van der Waals surface area contributed by atoms with Crippen molar-refractivity contribution in [1.82, 2.24) is 15.1 Å². The molecule has 0 aromatic rings. The molecule has 1 saturated heterocycles. The van der Waals surface area contributed by atoms with E-state index >= 15 is 0 Å². The van der Waals surface area contributed by atoms with Crippen LogP contribution in [0, 0.1) is 0 Å². The second-order valence-electron chi connectivity index (χ2n) is 6.28. The van der Waals surface area contributed by atoms with Crippen LogP contribution in [0.4, 0.5) is 0 Å². The number of halogens is 2. The molecule has 0 bridgehead atoms. The zero-order valence-electron chi connectivity index (χ0n) is 12.2. The van der Waals surface area contributed by atoms with E-state index in [0.717, 1.165) is 39.1 Å². The molecule has 1 N–H and O–H groups in total. The summed E-state index contributed by atoms with van der Waals surface area (Å²) in [5.74, 6) is 0. The second kappa shape index (κ2) is 5.18. The zero-order valence-corrected chi connectivity index (χ0v) is 15.4. The van der Waals surface area contributed by atoms with Crippen LogP contribution in [0.5, 0.6) is 0 Å². The number of aliphatic imine (C=N–C) groups is 1. The number of rotatable bonds is 1. The van der Waals surface area contributed by atoms with Crippen LogP contribution in [-0.2, 0) is 0 Å². The molecule has 0 amide bonds. The van der Waals surface area contributed by atoms with E-state index in [1.54, 1.807) is 0 Å². The number of piperazine rings is 1. The van der Waals surface area contributed by atoms with Gasteiger partial charge in [0.25, 0.3) is 0 Å². The van der Waals surface area contributed by atoms with Crippen LogP contribution in [0.2, 0.25) is 0 Å². The summed E-state index contributed by atoms with van der Waals surface area (Å²) in [6.45, 7) is 7.60. The second-order valence-corrected chi connectivity index (χ2v) is 8.72. The van der Waals surface area contributed by atoms with E-state index in [1.807, 2.05) is 0 Å². The van der Waals surface area contributed by atoms with E-state index in [-0.39, 0.29) is 10.6 Å². The highest BCUT2D eigenvalue weighted by Crippen LogP contribution is 2.47. The number of hydrogen-bond acceptors (Lipinski definition) is 4. The summed E-state index contributed by atoms with van der Waals surface area (Å²) in [5, 5.41) is 3.43. The van der Waals surface area contributed by atoms with Crippen molar-refractivity contribution in [1.29, 1.82) is 0 Å². The molecule has 114 valence electrons. The molecule has 4 aliphatic rings. The van der Waals surface area contributed by atoms with E-state index in [0.29, 0.717) is 0 Å². The Kier molecular flexibility index (Phi) is 3.56. The molecular weight excluding hydrogens is 396 g/mol. The molecule has 6 heteroatoms. The van der Waals surface area contributed by atoms with Crippen molar-refractivity contribution in [2.24, 2.45) is 4.99 Å². The van der Waals surface area contributed by atoms with Gasteiger partial charge >= 0.3 is 0 Å². The minimum absolute atomic E-state index is 0.190. The van der Waals surface area contributed by atoms with Crippen molar-refractivity contribution in [3.05, 3.63) is 21.8 Å². The first-order chi connectivity index (χ1) is 10.1. The number of nitrogens with zero attached hydrogens (tertiary/aromatic N) is 3. The molecule has 0 radical (unpaired) electrons. The Balaban J connectivity index is 1.76. The summed E-state index contributed by atoms with van der Waals surface area (Å²) in [6, 6.07) is 0. The Bertz CT molecular complexity index is 558. The SMILES string of the molecule is CC1(Br)C(Br)=CC2=C3C1=NC(N1CCNCC1)N3CCC2. The molecule has 4 rings (SSSR count). The van der Waals surface area contributed by atoms with Crippen molar-refractivity contribution >= 4 is 37.6 Å². The molecule has 0 aromatic heterocycles. The molecule has 3 heterocycles. The summed E-state index contributed by atoms with van der Waals surface area (Å²) in [5.41, 5.74) is 4.03. The molecular formula is C15H20Br2N4. The Morgan fingerprint density at radius 3 is 2.86 bits per heavy atom. The fourth-order valence-electron chi connectivity index (χ4n) is 3.70. The molecule has 0 saturated carbocycles. The van der Waals surface area contributed by atoms with Gasteiger partial charge in [0.15, 0.2) is 6.29 Å². The first-order valence-electron chi connectivity index (χ1n) is 7.69. The summed E-state index contributed by atoms with van der Waals surface area (Å²) in [6.07, 6.45) is 4.88. The maximum Gasteiger partial charge on any atom is 0.179 e. The average Bonchev–Trinajstić information content (AvgIpc) is 2.88. The van der Waals surface area contributed by atoms with E-state index in [1.165, 1.54) is 27.9 Å². The lowest BCUT2D eigenvalue weighted by molar-refractivity contribution is 0.0715. The molecule has 0 spiro atoms. The smallest absolute Gasteiger partial charge is 0.179 e. The van der Waals surface area contributed by atoms with Gasteiger partial charge in [-0.15, -0.1) is 0 Å². The van der Waals surface area contributed by atoms with Crippen molar-refractivity contribution in [2.75, 3.05) is 32.7 Å². The average molecular weight is 416 g/mol. The van der Waals surface area contributed by atoms with Gasteiger partial charge in [0.05, 0.1) is 15.7 Å². The van der Waals surface area contributed by atoms with Crippen LogP contribution in [0.25, 0.3) is 0 Å². The van der Waals surface area contributed by atoms with E-state index in [9.17, 15) is 0 Å². The van der Waals surface area contributed by atoms with Crippen LogP contribution in [0.15, 0.2) is 26.8 Å². The molecule has 3 aliphatic heterocycles. The van der Waals surface area contributed by atoms with E-state index < -0.39 is 0 Å². The summed E-state index contributed by atoms with van der Waals surface area (Å²) in [4.78, 5) is 10.2. The van der Waals surface area contributed by atoms with Crippen LogP contribution in [0.1, 0.15) is 19.8 Å². The monoisotopic (exact) mass is 414 g/mol.